The van der Waals surface area contributed by atoms with Crippen molar-refractivity contribution >= 4 is 43.5 Å². The molecule has 0 N–H and O–H groups in total. The molecule has 0 saturated carbocycles. The number of anilines is 1. The molecule has 0 bridgehead atoms. The van der Waals surface area contributed by atoms with E-state index in [1.165, 1.54) is 6.07 Å². The van der Waals surface area contributed by atoms with Crippen molar-refractivity contribution in [2.45, 2.75) is 19.3 Å². The Kier molecular flexibility index (Phi) is 11.6. The number of rotatable bonds is 11. The van der Waals surface area contributed by atoms with Gasteiger partial charge in [0.05, 0.1) is 24.9 Å². The summed E-state index contributed by atoms with van der Waals surface area (Å²) in [5, 5.41) is -0.0117. The summed E-state index contributed by atoms with van der Waals surface area (Å²) in [5.74, 6) is -2.83. The van der Waals surface area contributed by atoms with Gasteiger partial charge >= 0.3 is 6.15 Å². The molecule has 2 aromatic rings. The Morgan fingerprint density at radius 1 is 0.848 bits per heavy atom. The van der Waals surface area contributed by atoms with Crippen LogP contribution in [0.3, 0.4) is 0 Å². The van der Waals surface area contributed by atoms with Crippen molar-refractivity contribution < 1.29 is 39.6 Å². The minimum Gasteiger partial charge on any atom is -0.251 e. The maximum Gasteiger partial charge on any atom is 0.373 e. The summed E-state index contributed by atoms with van der Waals surface area (Å²) in [4.78, 5) is 16.2. The molecule has 2 rings (SSSR count). The second kappa shape index (κ2) is 13.3. The van der Waals surface area contributed by atoms with Crippen LogP contribution in [0.1, 0.15) is 24.0 Å². The van der Waals surface area contributed by atoms with E-state index >= 15 is 4.39 Å². The zero-order chi connectivity index (χ0) is 25.1. The van der Waals surface area contributed by atoms with Crippen molar-refractivity contribution in [1.82, 2.24) is 0 Å². The van der Waals surface area contributed by atoms with Crippen molar-refractivity contribution in [1.29, 1.82) is 0 Å². The highest BCUT2D eigenvalue weighted by Gasteiger charge is 2.36. The molecule has 182 valence electrons. The highest BCUT2D eigenvalue weighted by atomic mass is 35.5. The van der Waals surface area contributed by atoms with E-state index < -0.39 is 69.2 Å². The number of nitrogens with zero attached hydrogens (tertiary/aromatic N) is 1. The first-order valence-electron chi connectivity index (χ1n) is 9.43. The van der Waals surface area contributed by atoms with E-state index in [9.17, 15) is 25.6 Å². The quantitative estimate of drug-likeness (QED) is 0.441. The summed E-state index contributed by atoms with van der Waals surface area (Å²) >= 11 is 6.10. The molecule has 0 aliphatic heterocycles. The lowest BCUT2D eigenvalue weighted by Crippen LogP contribution is -2.41. The largest absolute Gasteiger partial charge is 0.373 e. The lowest BCUT2D eigenvalue weighted by atomic mass is 10.0. The number of hydrogen-bond acceptors (Lipinski definition) is 6. The number of sulfonamides is 2. The molecule has 33 heavy (non-hydrogen) atoms. The maximum atomic E-state index is 15.4. The summed E-state index contributed by atoms with van der Waals surface area (Å²) in [7, 11) is -9.30. The van der Waals surface area contributed by atoms with Gasteiger partial charge in [-0.1, -0.05) is 41.9 Å². The summed E-state index contributed by atoms with van der Waals surface area (Å²) in [6.45, 7) is -2.00. The van der Waals surface area contributed by atoms with Gasteiger partial charge in [0.25, 0.3) is 0 Å². The van der Waals surface area contributed by atoms with Gasteiger partial charge in [0, 0.05) is 17.0 Å². The summed E-state index contributed by atoms with van der Waals surface area (Å²) in [6, 6.07) is 10.7. The summed E-state index contributed by atoms with van der Waals surface area (Å²) < 4.78 is 91.2. The van der Waals surface area contributed by atoms with E-state index in [1.54, 1.807) is 30.3 Å². The van der Waals surface area contributed by atoms with Crippen LogP contribution in [0, 0.1) is 5.82 Å². The third-order valence-electron chi connectivity index (χ3n) is 4.16. The summed E-state index contributed by atoms with van der Waals surface area (Å²) in [5.41, 5.74) is -0.169. The van der Waals surface area contributed by atoms with Crippen LogP contribution in [0.15, 0.2) is 42.5 Å². The molecule has 0 spiro atoms. The average Bonchev–Trinajstić information content (AvgIpc) is 2.77. The Balaban J connectivity index is 0.00000172. The Morgan fingerprint density at radius 3 is 1.79 bits per heavy atom. The molecule has 0 amide bonds. The minimum absolute atomic E-state index is 0.0117. The predicted molar refractivity (Wildman–Crippen MR) is 117 cm³/mol. The highest BCUT2D eigenvalue weighted by Crippen LogP contribution is 2.33. The van der Waals surface area contributed by atoms with Gasteiger partial charge < -0.3 is 0 Å². The molecule has 0 fully saturated rings. The van der Waals surface area contributed by atoms with Gasteiger partial charge in [0.1, 0.15) is 5.69 Å². The zero-order valence-corrected chi connectivity index (χ0v) is 19.6. The fraction of sp³-hybridized carbons (Fsp3) is 0.350. The first-order valence-corrected chi connectivity index (χ1v) is 13.0. The lowest BCUT2D eigenvalue weighted by Gasteiger charge is -2.25. The van der Waals surface area contributed by atoms with E-state index in [-0.39, 0.29) is 26.9 Å². The van der Waals surface area contributed by atoms with Crippen molar-refractivity contribution in [3.05, 3.63) is 64.4 Å². The maximum absolute atomic E-state index is 15.4. The molecule has 2 aromatic carbocycles. The molecule has 0 atom stereocenters. The Bertz CT molecular complexity index is 1120. The normalized spacial score (nSPS) is 11.3. The summed E-state index contributed by atoms with van der Waals surface area (Å²) in [6.07, 6.45) is -0.699. The van der Waals surface area contributed by atoms with Gasteiger partial charge in [-0.05, 0) is 30.5 Å². The standard InChI is InChI=1S/C19H21ClF3NO4S2.CO2/c20-17-8-9-18(19(23)16(17)14-15-6-2-1-3-7-15)24(29(25,26)12-4-10-21)30(27,28)13-5-11-22;2-1-3/h1-3,6-9H,4-5,10-14H2;. The van der Waals surface area contributed by atoms with Crippen LogP contribution in [0.5, 0.6) is 0 Å². The molecule has 13 heteroatoms. The van der Waals surface area contributed by atoms with Crippen LogP contribution in [0.25, 0.3) is 0 Å². The van der Waals surface area contributed by atoms with Crippen molar-refractivity contribution in [3.63, 3.8) is 0 Å². The van der Waals surface area contributed by atoms with Crippen LogP contribution in [-0.4, -0.2) is 47.8 Å². The van der Waals surface area contributed by atoms with E-state index in [1.807, 2.05) is 0 Å². The molecule has 0 radical (unpaired) electrons. The molecule has 0 aliphatic carbocycles. The van der Waals surface area contributed by atoms with Crippen LogP contribution in [0.4, 0.5) is 18.9 Å². The van der Waals surface area contributed by atoms with Crippen LogP contribution in [0.2, 0.25) is 5.02 Å². The third-order valence-corrected chi connectivity index (χ3v) is 8.89. The van der Waals surface area contributed by atoms with Gasteiger partial charge in [-0.2, -0.15) is 13.3 Å². The number of alkyl halides is 2. The Labute approximate surface area is 195 Å². The van der Waals surface area contributed by atoms with Gasteiger partial charge in [-0.25, -0.2) is 21.2 Å². The molecular formula is C20H21ClF3NO6S2. The van der Waals surface area contributed by atoms with E-state index in [2.05, 4.69) is 0 Å². The fourth-order valence-electron chi connectivity index (χ4n) is 2.80. The third kappa shape index (κ3) is 8.15. The first kappa shape index (κ1) is 28.6. The van der Waals surface area contributed by atoms with E-state index in [0.29, 0.717) is 5.56 Å². The smallest absolute Gasteiger partial charge is 0.251 e. The van der Waals surface area contributed by atoms with Crippen molar-refractivity contribution in [2.24, 2.45) is 0 Å². The SMILES string of the molecule is O=C=O.O=S(=O)(CCCF)N(c1ccc(Cl)c(Cc2ccccc2)c1F)S(=O)(=O)CCCF. The number of hydrogen-bond donors (Lipinski definition) is 0. The minimum atomic E-state index is -4.65. The van der Waals surface area contributed by atoms with Crippen molar-refractivity contribution in [2.75, 3.05) is 28.6 Å². The molecule has 0 heterocycles. The van der Waals surface area contributed by atoms with Gasteiger partial charge in [-0.15, -0.1) is 0 Å². The second-order valence-electron chi connectivity index (χ2n) is 6.52. The second-order valence-corrected chi connectivity index (χ2v) is 11.0. The number of halogens is 4. The zero-order valence-electron chi connectivity index (χ0n) is 17.2. The van der Waals surface area contributed by atoms with E-state index in [4.69, 9.17) is 21.2 Å². The van der Waals surface area contributed by atoms with Gasteiger partial charge in [-0.3, -0.25) is 8.78 Å². The van der Waals surface area contributed by atoms with Crippen LogP contribution >= 0.6 is 11.6 Å². The van der Waals surface area contributed by atoms with Gasteiger partial charge in [0.15, 0.2) is 5.82 Å². The molecule has 7 nitrogen and oxygen atoms in total. The lowest BCUT2D eigenvalue weighted by molar-refractivity contribution is -0.191. The average molecular weight is 528 g/mol. The Hall–Kier alpha value is -2.40. The molecule has 0 aromatic heterocycles. The molecule has 0 aliphatic rings. The molecule has 0 saturated heterocycles. The predicted octanol–water partition coefficient (Wildman–Crippen LogP) is 3.67. The number of benzene rings is 2. The van der Waals surface area contributed by atoms with Crippen molar-refractivity contribution in [3.8, 4) is 0 Å². The topological polar surface area (TPSA) is 106 Å². The monoisotopic (exact) mass is 527 g/mol. The molecular weight excluding hydrogens is 507 g/mol. The fourth-order valence-corrected chi connectivity index (χ4v) is 7.01. The van der Waals surface area contributed by atoms with E-state index in [0.717, 1.165) is 6.07 Å². The van der Waals surface area contributed by atoms with Crippen LogP contribution in [-0.2, 0) is 36.1 Å². The first-order chi connectivity index (χ1) is 15.6. The Morgan fingerprint density at radius 2 is 1.33 bits per heavy atom. The number of carbonyl (C=O) groups excluding carboxylic acids is 2. The van der Waals surface area contributed by atoms with Crippen LogP contribution < -0.4 is 3.71 Å². The molecule has 0 unspecified atom stereocenters. The highest BCUT2D eigenvalue weighted by molar-refractivity contribution is 8.10. The van der Waals surface area contributed by atoms with Gasteiger partial charge in [0.2, 0.25) is 20.0 Å².